The van der Waals surface area contributed by atoms with Crippen LogP contribution in [0.5, 0.6) is 5.75 Å². The predicted octanol–water partition coefficient (Wildman–Crippen LogP) is 6.49. The molecule has 0 N–H and O–H groups in total. The van der Waals surface area contributed by atoms with E-state index in [9.17, 15) is 9.59 Å². The summed E-state index contributed by atoms with van der Waals surface area (Å²) in [5.74, 6) is -0.199. The Morgan fingerprint density at radius 2 is 1.48 bits per heavy atom. The van der Waals surface area contributed by atoms with Gasteiger partial charge in [0.25, 0.3) is 0 Å². The lowest BCUT2D eigenvalue weighted by atomic mass is 10.1. The maximum atomic E-state index is 11.7. The Kier molecular flexibility index (Phi) is 13.5. The van der Waals surface area contributed by atoms with Crippen molar-refractivity contribution in [2.75, 3.05) is 6.61 Å². The molecule has 0 saturated carbocycles. The van der Waals surface area contributed by atoms with E-state index in [0.717, 1.165) is 12.8 Å². The van der Waals surface area contributed by atoms with Gasteiger partial charge in [0.15, 0.2) is 0 Å². The van der Waals surface area contributed by atoms with E-state index in [1.54, 1.807) is 24.3 Å². The average molecular weight is 397 g/mol. The highest BCUT2D eigenvalue weighted by atomic mass is 35.5. The van der Waals surface area contributed by atoms with Crippen molar-refractivity contribution >= 4 is 23.5 Å². The Labute approximate surface area is 168 Å². The third-order valence-corrected chi connectivity index (χ3v) is 4.54. The molecule has 0 aliphatic heterocycles. The van der Waals surface area contributed by atoms with Gasteiger partial charge in [-0.3, -0.25) is 9.59 Å². The largest absolute Gasteiger partial charge is 0.466 e. The van der Waals surface area contributed by atoms with Crippen molar-refractivity contribution in [1.29, 1.82) is 0 Å². The van der Waals surface area contributed by atoms with Crippen LogP contribution in [0, 0.1) is 0 Å². The molecule has 1 rings (SSSR count). The number of esters is 2. The number of halogens is 1. The van der Waals surface area contributed by atoms with E-state index in [4.69, 9.17) is 21.1 Å². The van der Waals surface area contributed by atoms with Gasteiger partial charge in [-0.05, 0) is 31.0 Å². The van der Waals surface area contributed by atoms with E-state index in [1.165, 1.54) is 44.9 Å². The van der Waals surface area contributed by atoms with Crippen molar-refractivity contribution in [2.24, 2.45) is 0 Å². The lowest BCUT2D eigenvalue weighted by Crippen LogP contribution is -2.10. The van der Waals surface area contributed by atoms with Crippen LogP contribution in [0.15, 0.2) is 24.3 Å². The summed E-state index contributed by atoms with van der Waals surface area (Å²) in [6, 6.07) is 6.68. The zero-order chi connectivity index (χ0) is 19.7. The predicted molar refractivity (Wildman–Crippen MR) is 109 cm³/mol. The molecule has 5 heteroatoms. The molecule has 0 bridgehead atoms. The Bertz CT molecular complexity index is 545. The number of unbranched alkanes of at least 4 members (excludes halogenated alkanes) is 8. The fraction of sp³-hybridized carbons (Fsp3) is 0.636. The van der Waals surface area contributed by atoms with Gasteiger partial charge in [-0.1, -0.05) is 76.0 Å². The number of ether oxygens (including phenoxy) is 2. The molecule has 0 radical (unpaired) electrons. The first kappa shape index (κ1) is 23.5. The average Bonchev–Trinajstić information content (AvgIpc) is 2.63. The van der Waals surface area contributed by atoms with Crippen LogP contribution in [0.2, 0.25) is 5.02 Å². The highest BCUT2D eigenvalue weighted by Crippen LogP contribution is 2.18. The first-order valence-electron chi connectivity index (χ1n) is 10.2. The van der Waals surface area contributed by atoms with E-state index in [-0.39, 0.29) is 24.8 Å². The van der Waals surface area contributed by atoms with Crippen molar-refractivity contribution in [1.82, 2.24) is 0 Å². The first-order valence-corrected chi connectivity index (χ1v) is 10.6. The van der Waals surface area contributed by atoms with Crippen LogP contribution in [0.4, 0.5) is 0 Å². The summed E-state index contributed by atoms with van der Waals surface area (Å²) < 4.78 is 10.4. The molecule has 152 valence electrons. The molecule has 0 saturated heterocycles. The minimum Gasteiger partial charge on any atom is -0.466 e. The molecule has 0 aliphatic rings. The molecule has 0 spiro atoms. The molecule has 0 atom stereocenters. The maximum Gasteiger partial charge on any atom is 0.311 e. The molecule has 1 aromatic carbocycles. The van der Waals surface area contributed by atoms with E-state index in [2.05, 4.69) is 6.92 Å². The maximum absolute atomic E-state index is 11.7. The smallest absolute Gasteiger partial charge is 0.311 e. The molecule has 0 aliphatic carbocycles. The van der Waals surface area contributed by atoms with E-state index >= 15 is 0 Å². The van der Waals surface area contributed by atoms with Crippen molar-refractivity contribution in [3.05, 3.63) is 29.3 Å². The Morgan fingerprint density at radius 1 is 0.852 bits per heavy atom. The number of carbonyl (C=O) groups excluding carboxylic acids is 2. The zero-order valence-corrected chi connectivity index (χ0v) is 17.3. The Morgan fingerprint density at radius 3 is 2.15 bits per heavy atom. The third kappa shape index (κ3) is 13.3. The highest BCUT2D eigenvalue weighted by Gasteiger charge is 2.08. The number of rotatable bonds is 15. The third-order valence-electron chi connectivity index (χ3n) is 4.30. The monoisotopic (exact) mass is 396 g/mol. The van der Waals surface area contributed by atoms with Crippen molar-refractivity contribution in [3.63, 3.8) is 0 Å². The van der Waals surface area contributed by atoms with Crippen molar-refractivity contribution in [2.45, 2.75) is 84.0 Å². The van der Waals surface area contributed by atoms with Crippen LogP contribution < -0.4 is 4.74 Å². The lowest BCUT2D eigenvalue weighted by Gasteiger charge is -2.06. The molecule has 4 nitrogen and oxygen atoms in total. The SMILES string of the molecule is CCCCCCCCCCCOC(=O)CCCC(=O)Oc1cccc(Cl)c1. The summed E-state index contributed by atoms with van der Waals surface area (Å²) in [4.78, 5) is 23.4. The van der Waals surface area contributed by atoms with E-state index < -0.39 is 0 Å². The van der Waals surface area contributed by atoms with Gasteiger partial charge in [-0.15, -0.1) is 0 Å². The lowest BCUT2D eigenvalue weighted by molar-refractivity contribution is -0.144. The molecule has 0 fully saturated rings. The molecular formula is C22H33ClO4. The second-order valence-corrected chi connectivity index (χ2v) is 7.27. The molecule has 0 heterocycles. The summed E-state index contributed by atoms with van der Waals surface area (Å²) in [5, 5.41) is 0.514. The molecule has 1 aromatic rings. The number of benzene rings is 1. The fourth-order valence-electron chi connectivity index (χ4n) is 2.76. The highest BCUT2D eigenvalue weighted by molar-refractivity contribution is 6.30. The van der Waals surface area contributed by atoms with Gasteiger partial charge in [0.1, 0.15) is 5.75 Å². The van der Waals surface area contributed by atoms with Crippen LogP contribution in [0.1, 0.15) is 84.0 Å². The van der Waals surface area contributed by atoms with Crippen LogP contribution in [-0.2, 0) is 14.3 Å². The van der Waals surface area contributed by atoms with E-state index in [1.807, 2.05) is 0 Å². The molecule has 27 heavy (non-hydrogen) atoms. The molecule has 0 aromatic heterocycles. The van der Waals surface area contributed by atoms with Gasteiger partial charge in [0.2, 0.25) is 0 Å². The minimum atomic E-state index is -0.371. The van der Waals surface area contributed by atoms with Crippen LogP contribution >= 0.6 is 11.6 Å². The summed E-state index contributed by atoms with van der Waals surface area (Å²) in [5.41, 5.74) is 0. The van der Waals surface area contributed by atoms with Crippen LogP contribution in [-0.4, -0.2) is 18.5 Å². The summed E-state index contributed by atoms with van der Waals surface area (Å²) in [6.45, 7) is 2.70. The van der Waals surface area contributed by atoms with Gasteiger partial charge in [-0.2, -0.15) is 0 Å². The second kappa shape index (κ2) is 15.5. The van der Waals surface area contributed by atoms with Gasteiger partial charge < -0.3 is 9.47 Å². The normalized spacial score (nSPS) is 10.6. The number of hydrogen-bond donors (Lipinski definition) is 0. The van der Waals surface area contributed by atoms with Crippen LogP contribution in [0.25, 0.3) is 0 Å². The summed E-state index contributed by atoms with van der Waals surface area (Å²) in [6.07, 6.45) is 12.0. The quantitative estimate of drug-likeness (QED) is 0.193. The molecule has 0 amide bonds. The van der Waals surface area contributed by atoms with Gasteiger partial charge in [0, 0.05) is 17.9 Å². The van der Waals surface area contributed by atoms with Gasteiger partial charge in [-0.25, -0.2) is 0 Å². The molecular weight excluding hydrogens is 364 g/mol. The first-order chi connectivity index (χ1) is 13.1. The Hall–Kier alpha value is -1.55. The second-order valence-electron chi connectivity index (χ2n) is 6.83. The Balaban J connectivity index is 1.94. The summed E-state index contributed by atoms with van der Waals surface area (Å²) in [7, 11) is 0. The van der Waals surface area contributed by atoms with Gasteiger partial charge >= 0.3 is 11.9 Å². The van der Waals surface area contributed by atoms with Gasteiger partial charge in [0.05, 0.1) is 6.61 Å². The standard InChI is InChI=1S/C22H33ClO4/c1-2-3-4-5-6-7-8-9-10-17-26-21(24)15-12-16-22(25)27-20-14-11-13-19(23)18-20/h11,13-14,18H,2-10,12,15-17H2,1H3. The van der Waals surface area contributed by atoms with Crippen LogP contribution in [0.3, 0.4) is 0 Å². The topological polar surface area (TPSA) is 52.6 Å². The summed E-state index contributed by atoms with van der Waals surface area (Å²) >= 11 is 5.84. The zero-order valence-electron chi connectivity index (χ0n) is 16.5. The number of hydrogen-bond acceptors (Lipinski definition) is 4. The van der Waals surface area contributed by atoms with Crippen molar-refractivity contribution < 1.29 is 19.1 Å². The minimum absolute atomic E-state index is 0.180. The van der Waals surface area contributed by atoms with E-state index in [0.29, 0.717) is 23.8 Å². The fourth-order valence-corrected chi connectivity index (χ4v) is 2.94. The molecule has 0 unspecified atom stereocenters. The number of carbonyl (C=O) groups is 2. The van der Waals surface area contributed by atoms with Crippen molar-refractivity contribution in [3.8, 4) is 5.75 Å².